The Balaban J connectivity index is 1.89. The van der Waals surface area contributed by atoms with Crippen LogP contribution in [0.3, 0.4) is 0 Å². The van der Waals surface area contributed by atoms with Gasteiger partial charge in [-0.15, -0.1) is 0 Å². The van der Waals surface area contributed by atoms with Crippen LogP contribution in [0, 0.1) is 12.8 Å². The summed E-state index contributed by atoms with van der Waals surface area (Å²) in [7, 11) is 0. The van der Waals surface area contributed by atoms with Crippen molar-refractivity contribution in [3.05, 3.63) is 23.2 Å². The van der Waals surface area contributed by atoms with Crippen LogP contribution in [0.25, 0.3) is 11.6 Å². The van der Waals surface area contributed by atoms with Gasteiger partial charge in [0.25, 0.3) is 0 Å². The Morgan fingerprint density at radius 1 is 1.36 bits per heavy atom. The van der Waals surface area contributed by atoms with Gasteiger partial charge in [-0.1, -0.05) is 13.8 Å². The van der Waals surface area contributed by atoms with Gasteiger partial charge < -0.3 is 4.42 Å². The van der Waals surface area contributed by atoms with E-state index >= 15 is 0 Å². The van der Waals surface area contributed by atoms with Crippen molar-refractivity contribution in [1.82, 2.24) is 19.7 Å². The van der Waals surface area contributed by atoms with Gasteiger partial charge >= 0.3 is 0 Å². The number of rotatable bonds is 5. The molecule has 0 aromatic carbocycles. The zero-order valence-electron chi connectivity index (χ0n) is 14.1. The fourth-order valence-electron chi connectivity index (χ4n) is 3.08. The number of hydrogen-bond donors (Lipinski definition) is 0. The molecule has 1 aliphatic heterocycles. The normalized spacial score (nSPS) is 15.5. The van der Waals surface area contributed by atoms with Gasteiger partial charge in [0.05, 0.1) is 6.20 Å². The Hall–Kier alpha value is -1.62. The molecule has 1 aliphatic rings. The van der Waals surface area contributed by atoms with Gasteiger partial charge in [-0.2, -0.15) is 5.10 Å². The van der Waals surface area contributed by atoms with E-state index in [1.54, 1.807) is 6.20 Å². The monoisotopic (exact) mass is 302 g/mol. The van der Waals surface area contributed by atoms with Crippen LogP contribution in [0.5, 0.6) is 0 Å². The second kappa shape index (κ2) is 6.24. The SMILES string of the molecule is CCn1nc(-c2ncc(C)o2)c2c1CCN(CCC(C)C)C2. The Bertz CT molecular complexity index is 641. The lowest BCUT2D eigenvalue weighted by Gasteiger charge is -2.28. The fourth-order valence-corrected chi connectivity index (χ4v) is 3.08. The summed E-state index contributed by atoms with van der Waals surface area (Å²) >= 11 is 0. The standard InChI is InChI=1S/C17H26N4O/c1-5-21-15-7-9-20(8-6-12(2)3)11-14(15)16(19-21)17-18-10-13(4)22-17/h10,12H,5-9,11H2,1-4H3. The first-order valence-corrected chi connectivity index (χ1v) is 8.32. The minimum absolute atomic E-state index is 0.659. The van der Waals surface area contributed by atoms with Crippen LogP contribution in [0.4, 0.5) is 0 Å². The second-order valence-corrected chi connectivity index (χ2v) is 6.57. The first-order valence-electron chi connectivity index (χ1n) is 8.32. The molecule has 0 fully saturated rings. The third-order valence-electron chi connectivity index (χ3n) is 4.36. The molecule has 0 saturated carbocycles. The summed E-state index contributed by atoms with van der Waals surface area (Å²) in [6, 6.07) is 0. The van der Waals surface area contributed by atoms with Crippen molar-refractivity contribution in [3.8, 4) is 11.6 Å². The third kappa shape index (κ3) is 2.95. The van der Waals surface area contributed by atoms with E-state index in [9.17, 15) is 0 Å². The highest BCUT2D eigenvalue weighted by molar-refractivity contribution is 5.55. The van der Waals surface area contributed by atoms with Crippen molar-refractivity contribution in [2.75, 3.05) is 13.1 Å². The minimum atomic E-state index is 0.659. The van der Waals surface area contributed by atoms with E-state index in [4.69, 9.17) is 9.52 Å². The molecule has 0 N–H and O–H groups in total. The fraction of sp³-hybridized carbons (Fsp3) is 0.647. The van der Waals surface area contributed by atoms with Crippen molar-refractivity contribution in [2.45, 2.75) is 53.6 Å². The summed E-state index contributed by atoms with van der Waals surface area (Å²) in [4.78, 5) is 6.91. The predicted molar refractivity (Wildman–Crippen MR) is 86.6 cm³/mol. The Morgan fingerprint density at radius 3 is 2.82 bits per heavy atom. The van der Waals surface area contributed by atoms with Gasteiger partial charge in [0.2, 0.25) is 5.89 Å². The maximum Gasteiger partial charge on any atom is 0.247 e. The van der Waals surface area contributed by atoms with Crippen LogP contribution in [0.2, 0.25) is 0 Å². The van der Waals surface area contributed by atoms with Crippen molar-refractivity contribution in [2.24, 2.45) is 5.92 Å². The summed E-state index contributed by atoms with van der Waals surface area (Å²) in [5.74, 6) is 2.24. The molecule has 0 amide bonds. The molecule has 0 bridgehead atoms. The minimum Gasteiger partial charge on any atom is -0.440 e. The number of fused-ring (bicyclic) bond motifs is 1. The van der Waals surface area contributed by atoms with E-state index < -0.39 is 0 Å². The Morgan fingerprint density at radius 2 is 2.18 bits per heavy atom. The number of nitrogens with zero attached hydrogens (tertiary/aromatic N) is 4. The molecular weight excluding hydrogens is 276 g/mol. The molecule has 3 rings (SSSR count). The van der Waals surface area contributed by atoms with E-state index in [-0.39, 0.29) is 0 Å². The van der Waals surface area contributed by atoms with Gasteiger partial charge in [-0.25, -0.2) is 4.98 Å². The first-order chi connectivity index (χ1) is 10.6. The molecule has 5 heteroatoms. The summed E-state index contributed by atoms with van der Waals surface area (Å²) < 4.78 is 7.84. The molecule has 0 spiro atoms. The summed E-state index contributed by atoms with van der Waals surface area (Å²) in [5.41, 5.74) is 3.59. The Kier molecular flexibility index (Phi) is 4.34. The van der Waals surface area contributed by atoms with Crippen LogP contribution >= 0.6 is 0 Å². The van der Waals surface area contributed by atoms with Crippen molar-refractivity contribution in [1.29, 1.82) is 0 Å². The molecule has 0 atom stereocenters. The maximum atomic E-state index is 5.72. The highest BCUT2D eigenvalue weighted by Gasteiger charge is 2.27. The van der Waals surface area contributed by atoms with E-state index in [0.29, 0.717) is 5.89 Å². The average Bonchev–Trinajstić information content (AvgIpc) is 3.08. The molecule has 0 aliphatic carbocycles. The van der Waals surface area contributed by atoms with E-state index in [0.717, 1.165) is 50.0 Å². The highest BCUT2D eigenvalue weighted by atomic mass is 16.4. The zero-order valence-corrected chi connectivity index (χ0v) is 14.1. The smallest absolute Gasteiger partial charge is 0.247 e. The molecule has 2 aromatic rings. The average molecular weight is 302 g/mol. The molecule has 3 heterocycles. The van der Waals surface area contributed by atoms with Crippen molar-refractivity contribution < 1.29 is 4.42 Å². The van der Waals surface area contributed by atoms with Gasteiger partial charge in [0, 0.05) is 37.3 Å². The van der Waals surface area contributed by atoms with Crippen LogP contribution in [0.15, 0.2) is 10.6 Å². The van der Waals surface area contributed by atoms with E-state index in [2.05, 4.69) is 35.3 Å². The van der Waals surface area contributed by atoms with Gasteiger partial charge in [-0.05, 0) is 32.7 Å². The van der Waals surface area contributed by atoms with Crippen LogP contribution in [-0.2, 0) is 19.5 Å². The summed E-state index contributed by atoms with van der Waals surface area (Å²) in [6.45, 7) is 12.8. The van der Waals surface area contributed by atoms with Crippen molar-refractivity contribution >= 4 is 0 Å². The lowest BCUT2D eigenvalue weighted by molar-refractivity contribution is 0.237. The lowest BCUT2D eigenvalue weighted by atomic mass is 10.0. The summed E-state index contributed by atoms with van der Waals surface area (Å²) in [6.07, 6.45) is 4.07. The third-order valence-corrected chi connectivity index (χ3v) is 4.36. The molecule has 120 valence electrons. The molecule has 0 unspecified atom stereocenters. The number of hydrogen-bond acceptors (Lipinski definition) is 4. The molecule has 2 aromatic heterocycles. The number of aryl methyl sites for hydroxylation is 2. The molecule has 22 heavy (non-hydrogen) atoms. The second-order valence-electron chi connectivity index (χ2n) is 6.57. The van der Waals surface area contributed by atoms with E-state index in [1.807, 2.05) is 6.92 Å². The molecule has 0 radical (unpaired) electrons. The topological polar surface area (TPSA) is 47.1 Å². The quantitative estimate of drug-likeness (QED) is 0.850. The maximum absolute atomic E-state index is 5.72. The Labute approximate surface area is 132 Å². The van der Waals surface area contributed by atoms with Crippen molar-refractivity contribution in [3.63, 3.8) is 0 Å². The number of aromatic nitrogens is 3. The molecular formula is C17H26N4O. The molecule has 0 saturated heterocycles. The van der Waals surface area contributed by atoms with Gasteiger partial charge in [0.1, 0.15) is 5.76 Å². The zero-order chi connectivity index (χ0) is 15.7. The number of oxazole rings is 1. The van der Waals surface area contributed by atoms with Crippen LogP contribution in [0.1, 0.15) is 44.2 Å². The largest absolute Gasteiger partial charge is 0.440 e. The highest BCUT2D eigenvalue weighted by Crippen LogP contribution is 2.30. The van der Waals surface area contributed by atoms with Crippen LogP contribution < -0.4 is 0 Å². The lowest BCUT2D eigenvalue weighted by Crippen LogP contribution is -2.32. The molecule has 5 nitrogen and oxygen atoms in total. The predicted octanol–water partition coefficient (Wildman–Crippen LogP) is 3.27. The van der Waals surface area contributed by atoms with E-state index in [1.165, 1.54) is 17.7 Å². The summed E-state index contributed by atoms with van der Waals surface area (Å²) in [5, 5.41) is 4.76. The van der Waals surface area contributed by atoms with Gasteiger partial charge in [0.15, 0.2) is 5.69 Å². The first kappa shape index (κ1) is 15.3. The van der Waals surface area contributed by atoms with Gasteiger partial charge in [-0.3, -0.25) is 9.58 Å². The van der Waals surface area contributed by atoms with Crippen LogP contribution in [-0.4, -0.2) is 32.8 Å².